The Morgan fingerprint density at radius 3 is 2.89 bits per heavy atom. The fourth-order valence-corrected chi connectivity index (χ4v) is 6.94. The topological polar surface area (TPSA) is 67.3 Å². The predicted octanol–water partition coefficient (Wildman–Crippen LogP) is 2.20. The Labute approximate surface area is 123 Å². The van der Waals surface area contributed by atoms with Crippen LogP contribution in [0.2, 0.25) is 5.02 Å². The van der Waals surface area contributed by atoms with Crippen LogP contribution in [0.3, 0.4) is 0 Å². The molecule has 102 valence electrons. The number of halogens is 1. The highest BCUT2D eigenvalue weighted by atomic mass is 35.5. The summed E-state index contributed by atoms with van der Waals surface area (Å²) in [6.07, 6.45) is -0.814. The first kappa shape index (κ1) is 13.6. The van der Waals surface area contributed by atoms with Crippen LogP contribution in [0.15, 0.2) is 22.5 Å². The Morgan fingerprint density at radius 1 is 1.42 bits per heavy atom. The van der Waals surface area contributed by atoms with Gasteiger partial charge in [-0.15, -0.1) is 11.3 Å². The molecule has 2 atom stereocenters. The lowest BCUT2D eigenvalue weighted by Gasteiger charge is -2.08. The summed E-state index contributed by atoms with van der Waals surface area (Å²) in [6, 6.07) is 5.46. The Balaban J connectivity index is 1.86. The monoisotopic (exact) mass is 335 g/mol. The number of aromatic nitrogens is 1. The molecule has 3 rings (SSSR count). The SMILES string of the molecule is O=S1(=O)C[C@@H](O)[C@H](Sc2nc3cc(Cl)ccc3s2)C1. The van der Waals surface area contributed by atoms with E-state index in [1.54, 1.807) is 12.1 Å². The van der Waals surface area contributed by atoms with Gasteiger partial charge in [0.1, 0.15) is 0 Å². The van der Waals surface area contributed by atoms with Gasteiger partial charge in [-0.1, -0.05) is 23.4 Å². The lowest BCUT2D eigenvalue weighted by Crippen LogP contribution is -2.19. The second-order valence-electron chi connectivity index (χ2n) is 4.39. The molecule has 0 aliphatic carbocycles. The van der Waals surface area contributed by atoms with Crippen LogP contribution < -0.4 is 0 Å². The smallest absolute Gasteiger partial charge is 0.154 e. The molecule has 1 N–H and O–H groups in total. The van der Waals surface area contributed by atoms with E-state index in [1.807, 2.05) is 6.07 Å². The third-order valence-corrected chi connectivity index (χ3v) is 7.46. The van der Waals surface area contributed by atoms with Crippen molar-refractivity contribution in [3.05, 3.63) is 23.2 Å². The van der Waals surface area contributed by atoms with Gasteiger partial charge in [0.25, 0.3) is 0 Å². The van der Waals surface area contributed by atoms with Crippen LogP contribution in [0, 0.1) is 0 Å². The second-order valence-corrected chi connectivity index (χ2v) is 9.50. The molecule has 19 heavy (non-hydrogen) atoms. The Bertz CT molecular complexity index is 728. The zero-order valence-electron chi connectivity index (χ0n) is 9.61. The van der Waals surface area contributed by atoms with E-state index in [0.29, 0.717) is 5.02 Å². The number of thioether (sulfide) groups is 1. The molecule has 1 fully saturated rings. The highest BCUT2D eigenvalue weighted by Crippen LogP contribution is 2.36. The van der Waals surface area contributed by atoms with E-state index in [4.69, 9.17) is 11.6 Å². The summed E-state index contributed by atoms with van der Waals surface area (Å²) in [5.74, 6) is -0.142. The molecule has 0 spiro atoms. The number of benzene rings is 1. The molecule has 8 heteroatoms. The van der Waals surface area contributed by atoms with Crippen molar-refractivity contribution in [1.82, 2.24) is 4.98 Å². The molecule has 1 aromatic heterocycles. The molecule has 4 nitrogen and oxygen atoms in total. The standard InChI is InChI=1S/C11H10ClNO3S3/c12-6-1-2-9-7(3-6)13-11(17-9)18-10-5-19(15,16)4-8(10)14/h1-3,8,10,14H,4-5H2/t8-,10-/m1/s1. The van der Waals surface area contributed by atoms with E-state index in [-0.39, 0.29) is 16.8 Å². The zero-order chi connectivity index (χ0) is 13.6. The first-order chi connectivity index (χ1) is 8.93. The maximum absolute atomic E-state index is 11.5. The average Bonchev–Trinajstić information content (AvgIpc) is 2.79. The number of thiazole rings is 1. The maximum atomic E-state index is 11.5. The predicted molar refractivity (Wildman–Crippen MR) is 78.9 cm³/mol. The van der Waals surface area contributed by atoms with E-state index in [0.717, 1.165) is 14.6 Å². The number of nitrogens with zero attached hydrogens (tertiary/aromatic N) is 1. The van der Waals surface area contributed by atoms with Crippen LogP contribution in [0.5, 0.6) is 0 Å². The molecule has 1 aromatic carbocycles. The number of fused-ring (bicyclic) bond motifs is 1. The Morgan fingerprint density at radius 2 is 2.21 bits per heavy atom. The van der Waals surface area contributed by atoms with Crippen molar-refractivity contribution in [3.8, 4) is 0 Å². The van der Waals surface area contributed by atoms with Crippen molar-refractivity contribution in [1.29, 1.82) is 0 Å². The second kappa shape index (κ2) is 4.89. The third-order valence-electron chi connectivity index (χ3n) is 2.85. The van der Waals surface area contributed by atoms with Gasteiger partial charge in [0.15, 0.2) is 14.2 Å². The van der Waals surface area contributed by atoms with E-state index in [9.17, 15) is 13.5 Å². The fourth-order valence-electron chi connectivity index (χ4n) is 1.97. The minimum absolute atomic E-state index is 0.00944. The summed E-state index contributed by atoms with van der Waals surface area (Å²) in [6.45, 7) is 0. The van der Waals surface area contributed by atoms with Gasteiger partial charge in [-0.25, -0.2) is 13.4 Å². The summed E-state index contributed by atoms with van der Waals surface area (Å²) >= 11 is 8.71. The summed E-state index contributed by atoms with van der Waals surface area (Å²) in [5, 5.41) is 10.1. The van der Waals surface area contributed by atoms with Gasteiger partial charge in [-0.3, -0.25) is 0 Å². The lowest BCUT2D eigenvalue weighted by atomic mass is 10.3. The number of aliphatic hydroxyl groups excluding tert-OH is 1. The number of aliphatic hydroxyl groups is 1. The van der Waals surface area contributed by atoms with E-state index in [1.165, 1.54) is 23.1 Å². The molecule has 2 heterocycles. The van der Waals surface area contributed by atoms with E-state index in [2.05, 4.69) is 4.98 Å². The van der Waals surface area contributed by atoms with Crippen LogP contribution in [-0.4, -0.2) is 41.4 Å². The minimum Gasteiger partial charge on any atom is -0.391 e. The van der Waals surface area contributed by atoms with Crippen molar-refractivity contribution in [2.75, 3.05) is 11.5 Å². The largest absolute Gasteiger partial charge is 0.391 e. The van der Waals surface area contributed by atoms with Gasteiger partial charge in [0.05, 0.1) is 33.1 Å². The number of hydrogen-bond donors (Lipinski definition) is 1. The first-order valence-corrected chi connectivity index (χ1v) is 9.44. The van der Waals surface area contributed by atoms with Crippen LogP contribution in [0.25, 0.3) is 10.2 Å². The molecular formula is C11H10ClNO3S3. The molecule has 0 radical (unpaired) electrons. The van der Waals surface area contributed by atoms with Crippen LogP contribution in [0.1, 0.15) is 0 Å². The normalized spacial score (nSPS) is 26.0. The molecule has 0 amide bonds. The van der Waals surface area contributed by atoms with Gasteiger partial charge >= 0.3 is 0 Å². The number of sulfone groups is 1. The molecule has 1 aliphatic rings. The van der Waals surface area contributed by atoms with Gasteiger partial charge in [-0.2, -0.15) is 0 Å². The summed E-state index contributed by atoms with van der Waals surface area (Å²) in [7, 11) is -3.12. The quantitative estimate of drug-likeness (QED) is 0.911. The molecule has 0 unspecified atom stereocenters. The van der Waals surface area contributed by atoms with Gasteiger partial charge in [0, 0.05) is 5.02 Å². The Hall–Kier alpha value is -0.340. The van der Waals surface area contributed by atoms with Crippen LogP contribution in [0.4, 0.5) is 0 Å². The minimum atomic E-state index is -3.12. The van der Waals surface area contributed by atoms with Crippen molar-refractivity contribution >= 4 is 54.8 Å². The number of hydrogen-bond acceptors (Lipinski definition) is 6. The Kier molecular flexibility index (Phi) is 3.51. The summed E-state index contributed by atoms with van der Waals surface area (Å²) in [4.78, 5) is 4.41. The first-order valence-electron chi connectivity index (χ1n) is 5.54. The fraction of sp³-hybridized carbons (Fsp3) is 0.364. The summed E-state index contributed by atoms with van der Waals surface area (Å²) < 4.78 is 24.7. The van der Waals surface area contributed by atoms with Gasteiger partial charge in [-0.05, 0) is 18.2 Å². The molecule has 2 aromatic rings. The molecule has 1 saturated heterocycles. The number of rotatable bonds is 2. The van der Waals surface area contributed by atoms with Crippen molar-refractivity contribution < 1.29 is 13.5 Å². The summed E-state index contributed by atoms with van der Waals surface area (Å²) in [5.41, 5.74) is 0.801. The maximum Gasteiger partial charge on any atom is 0.154 e. The average molecular weight is 336 g/mol. The van der Waals surface area contributed by atoms with E-state index < -0.39 is 15.9 Å². The van der Waals surface area contributed by atoms with Gasteiger partial charge in [0.2, 0.25) is 0 Å². The third kappa shape index (κ3) is 2.90. The zero-order valence-corrected chi connectivity index (χ0v) is 12.8. The lowest BCUT2D eigenvalue weighted by molar-refractivity contribution is 0.207. The van der Waals surface area contributed by atoms with Gasteiger partial charge < -0.3 is 5.11 Å². The van der Waals surface area contributed by atoms with Crippen molar-refractivity contribution in [2.24, 2.45) is 0 Å². The molecule has 1 aliphatic heterocycles. The van der Waals surface area contributed by atoms with Crippen LogP contribution in [-0.2, 0) is 9.84 Å². The highest BCUT2D eigenvalue weighted by molar-refractivity contribution is 8.03. The molecular weight excluding hydrogens is 326 g/mol. The molecule has 0 saturated carbocycles. The van der Waals surface area contributed by atoms with Crippen LogP contribution >= 0.6 is 34.7 Å². The van der Waals surface area contributed by atoms with Crippen molar-refractivity contribution in [3.63, 3.8) is 0 Å². The van der Waals surface area contributed by atoms with Crippen molar-refractivity contribution in [2.45, 2.75) is 15.7 Å². The highest BCUT2D eigenvalue weighted by Gasteiger charge is 2.37. The van der Waals surface area contributed by atoms with E-state index >= 15 is 0 Å². The molecule has 0 bridgehead atoms.